The average molecular weight is 370 g/mol. The van der Waals surface area contributed by atoms with Crippen molar-refractivity contribution in [2.75, 3.05) is 5.32 Å². The number of rotatable bonds is 5. The predicted molar refractivity (Wildman–Crippen MR) is 106 cm³/mol. The van der Waals surface area contributed by atoms with E-state index in [-0.39, 0.29) is 12.1 Å². The Bertz CT molecular complexity index is 978. The van der Waals surface area contributed by atoms with Gasteiger partial charge in [-0.25, -0.2) is 9.78 Å². The molecule has 0 spiro atoms. The summed E-state index contributed by atoms with van der Waals surface area (Å²) in [7, 11) is 0. The van der Waals surface area contributed by atoms with Crippen LogP contribution in [0.3, 0.4) is 0 Å². The number of benzene rings is 2. The first-order valence-corrected chi connectivity index (χ1v) is 8.78. The van der Waals surface area contributed by atoms with Gasteiger partial charge in [-0.2, -0.15) is 0 Å². The maximum Gasteiger partial charge on any atom is 0.320 e. The number of anilines is 1. The van der Waals surface area contributed by atoms with E-state index in [1.54, 1.807) is 35.6 Å². The Morgan fingerprint density at radius 2 is 1.43 bits per heavy atom. The molecule has 0 saturated heterocycles. The number of pyridine rings is 1. The fourth-order valence-corrected chi connectivity index (χ4v) is 2.88. The van der Waals surface area contributed by atoms with E-state index < -0.39 is 0 Å². The third-order valence-electron chi connectivity index (χ3n) is 4.23. The van der Waals surface area contributed by atoms with Gasteiger partial charge >= 0.3 is 6.03 Å². The summed E-state index contributed by atoms with van der Waals surface area (Å²) in [5, 5.41) is 13.4. The number of carbonyl (C=O) groups is 1. The van der Waals surface area contributed by atoms with Crippen LogP contribution >= 0.6 is 0 Å². The molecule has 0 fully saturated rings. The van der Waals surface area contributed by atoms with Gasteiger partial charge in [-0.3, -0.25) is 4.57 Å². The van der Waals surface area contributed by atoms with Crippen LogP contribution in [0.1, 0.15) is 17.2 Å². The molecule has 4 rings (SSSR count). The first kappa shape index (κ1) is 17.4. The molecule has 0 saturated carbocycles. The second-order valence-electron chi connectivity index (χ2n) is 6.13. The van der Waals surface area contributed by atoms with Gasteiger partial charge in [-0.15, -0.1) is 10.2 Å². The van der Waals surface area contributed by atoms with E-state index in [1.165, 1.54) is 0 Å². The van der Waals surface area contributed by atoms with Gasteiger partial charge < -0.3 is 10.6 Å². The standard InChI is InChI=1S/C21H18N6O/c28-21(25-18-11-12-19(22-13-18)27-14-23-24-15-27)26-20(16-7-3-1-4-8-16)17-9-5-2-6-10-17/h1-15,20H,(H2,25,26,28). The normalized spacial score (nSPS) is 10.6. The number of hydrogen-bond donors (Lipinski definition) is 2. The lowest BCUT2D eigenvalue weighted by molar-refractivity contribution is 0.250. The Morgan fingerprint density at radius 3 is 1.96 bits per heavy atom. The molecule has 0 bridgehead atoms. The third kappa shape index (κ3) is 4.04. The van der Waals surface area contributed by atoms with E-state index in [2.05, 4.69) is 25.8 Å². The predicted octanol–water partition coefficient (Wildman–Crippen LogP) is 3.57. The molecule has 0 unspecified atom stereocenters. The molecule has 0 aliphatic rings. The molecule has 2 heterocycles. The monoisotopic (exact) mass is 370 g/mol. The summed E-state index contributed by atoms with van der Waals surface area (Å²) in [6, 6.07) is 22.7. The Labute approximate surface area is 162 Å². The van der Waals surface area contributed by atoms with Crippen molar-refractivity contribution in [2.45, 2.75) is 6.04 Å². The smallest absolute Gasteiger partial charge is 0.320 e. The van der Waals surface area contributed by atoms with Crippen molar-refractivity contribution >= 4 is 11.7 Å². The van der Waals surface area contributed by atoms with E-state index in [0.29, 0.717) is 11.5 Å². The lowest BCUT2D eigenvalue weighted by Crippen LogP contribution is -2.33. The van der Waals surface area contributed by atoms with Gasteiger partial charge in [0.2, 0.25) is 0 Å². The number of nitrogens with one attached hydrogen (secondary N) is 2. The number of carbonyl (C=O) groups excluding carboxylic acids is 1. The van der Waals surface area contributed by atoms with E-state index in [1.807, 2.05) is 60.7 Å². The maximum absolute atomic E-state index is 12.6. The molecule has 138 valence electrons. The zero-order chi connectivity index (χ0) is 19.2. The van der Waals surface area contributed by atoms with Crippen LogP contribution in [0.4, 0.5) is 10.5 Å². The Hall–Kier alpha value is -4.00. The zero-order valence-electron chi connectivity index (χ0n) is 14.9. The van der Waals surface area contributed by atoms with Crippen LogP contribution in [0.25, 0.3) is 5.82 Å². The number of urea groups is 1. The molecular weight excluding hydrogens is 352 g/mol. The molecule has 0 radical (unpaired) electrons. The minimum absolute atomic E-state index is 0.258. The first-order chi connectivity index (χ1) is 13.8. The molecule has 2 amide bonds. The Balaban J connectivity index is 1.49. The number of nitrogens with zero attached hydrogens (tertiary/aromatic N) is 4. The van der Waals surface area contributed by atoms with Gasteiger partial charge in [0, 0.05) is 0 Å². The van der Waals surface area contributed by atoms with Crippen LogP contribution in [0.15, 0.2) is 91.6 Å². The van der Waals surface area contributed by atoms with Crippen molar-refractivity contribution in [1.29, 1.82) is 0 Å². The van der Waals surface area contributed by atoms with Crippen molar-refractivity contribution in [3.63, 3.8) is 0 Å². The molecule has 0 atom stereocenters. The highest BCUT2D eigenvalue weighted by Crippen LogP contribution is 2.22. The first-order valence-electron chi connectivity index (χ1n) is 8.78. The van der Waals surface area contributed by atoms with E-state index in [9.17, 15) is 4.79 Å². The van der Waals surface area contributed by atoms with Gasteiger partial charge in [-0.1, -0.05) is 60.7 Å². The largest absolute Gasteiger partial charge is 0.327 e. The van der Waals surface area contributed by atoms with Crippen LogP contribution in [0, 0.1) is 0 Å². The number of aromatic nitrogens is 4. The maximum atomic E-state index is 12.6. The summed E-state index contributed by atoms with van der Waals surface area (Å²) in [4.78, 5) is 16.9. The van der Waals surface area contributed by atoms with Gasteiger partial charge in [0.05, 0.1) is 17.9 Å². The summed E-state index contributed by atoms with van der Waals surface area (Å²) >= 11 is 0. The number of hydrogen-bond acceptors (Lipinski definition) is 4. The third-order valence-corrected chi connectivity index (χ3v) is 4.23. The van der Waals surface area contributed by atoms with Crippen molar-refractivity contribution in [3.8, 4) is 5.82 Å². The average Bonchev–Trinajstić information content (AvgIpc) is 3.29. The fourth-order valence-electron chi connectivity index (χ4n) is 2.88. The molecule has 0 aliphatic heterocycles. The van der Waals surface area contributed by atoms with Crippen LogP contribution in [0.2, 0.25) is 0 Å². The van der Waals surface area contributed by atoms with Crippen LogP contribution in [0.5, 0.6) is 0 Å². The van der Waals surface area contributed by atoms with Crippen LogP contribution in [-0.2, 0) is 0 Å². The summed E-state index contributed by atoms with van der Waals surface area (Å²) < 4.78 is 1.69. The molecule has 28 heavy (non-hydrogen) atoms. The summed E-state index contributed by atoms with van der Waals surface area (Å²) in [5.74, 6) is 0.669. The minimum Gasteiger partial charge on any atom is -0.327 e. The Kier molecular flexibility index (Phi) is 5.06. The quantitative estimate of drug-likeness (QED) is 0.562. The second kappa shape index (κ2) is 8.13. The van der Waals surface area contributed by atoms with E-state index in [4.69, 9.17) is 0 Å². The highest BCUT2D eigenvalue weighted by Gasteiger charge is 2.16. The molecule has 2 aromatic heterocycles. The second-order valence-corrected chi connectivity index (χ2v) is 6.13. The summed E-state index contributed by atoms with van der Waals surface area (Å²) in [5.41, 5.74) is 2.60. The minimum atomic E-state index is -0.309. The molecule has 4 aromatic rings. The van der Waals surface area contributed by atoms with E-state index in [0.717, 1.165) is 11.1 Å². The van der Waals surface area contributed by atoms with Gasteiger partial charge in [0.15, 0.2) is 0 Å². The summed E-state index contributed by atoms with van der Waals surface area (Å²) in [6.07, 6.45) is 4.72. The van der Waals surface area contributed by atoms with Crippen molar-refractivity contribution in [2.24, 2.45) is 0 Å². The molecule has 2 aromatic carbocycles. The summed E-state index contributed by atoms with van der Waals surface area (Å²) in [6.45, 7) is 0. The molecule has 7 heteroatoms. The Morgan fingerprint density at radius 1 is 0.821 bits per heavy atom. The molecule has 0 aliphatic carbocycles. The molecular formula is C21H18N6O. The zero-order valence-corrected chi connectivity index (χ0v) is 14.9. The van der Waals surface area contributed by atoms with Gasteiger partial charge in [0.1, 0.15) is 18.5 Å². The topological polar surface area (TPSA) is 84.7 Å². The number of amides is 2. The van der Waals surface area contributed by atoms with Crippen molar-refractivity contribution in [1.82, 2.24) is 25.1 Å². The van der Waals surface area contributed by atoms with Crippen LogP contribution in [-0.4, -0.2) is 25.8 Å². The van der Waals surface area contributed by atoms with Crippen molar-refractivity contribution < 1.29 is 4.79 Å². The van der Waals surface area contributed by atoms with Crippen molar-refractivity contribution in [3.05, 3.63) is 103 Å². The van der Waals surface area contributed by atoms with Gasteiger partial charge in [-0.05, 0) is 23.3 Å². The molecule has 7 nitrogen and oxygen atoms in total. The van der Waals surface area contributed by atoms with Crippen LogP contribution < -0.4 is 10.6 Å². The lowest BCUT2D eigenvalue weighted by Gasteiger charge is -2.20. The fraction of sp³-hybridized carbons (Fsp3) is 0.0476. The SMILES string of the molecule is O=C(Nc1ccc(-n2cnnc2)nc1)NC(c1ccccc1)c1ccccc1. The van der Waals surface area contributed by atoms with E-state index >= 15 is 0 Å². The highest BCUT2D eigenvalue weighted by molar-refractivity contribution is 5.89. The molecule has 2 N–H and O–H groups in total. The van der Waals surface area contributed by atoms with Gasteiger partial charge in [0.25, 0.3) is 0 Å². The lowest BCUT2D eigenvalue weighted by atomic mass is 9.99. The highest BCUT2D eigenvalue weighted by atomic mass is 16.2.